The zero-order valence-corrected chi connectivity index (χ0v) is 13.7. The predicted molar refractivity (Wildman–Crippen MR) is 91.2 cm³/mol. The minimum absolute atomic E-state index is 0.0334. The molecule has 0 spiro atoms. The topological polar surface area (TPSA) is 36.1 Å². The van der Waals surface area contributed by atoms with E-state index in [-0.39, 0.29) is 5.56 Å². The second kappa shape index (κ2) is 6.33. The number of H-pyrrole nitrogens is 1. The highest BCUT2D eigenvalue weighted by molar-refractivity contribution is 5.85. The number of nitrogens with zero attached hydrogens (tertiary/aromatic N) is 1. The monoisotopic (exact) mass is 286 g/mol. The molecule has 2 aromatic rings. The van der Waals surface area contributed by atoms with E-state index in [2.05, 4.69) is 49.7 Å². The maximum absolute atomic E-state index is 11.5. The Balaban J connectivity index is 2.45. The largest absolute Gasteiger partial charge is 0.371 e. The lowest BCUT2D eigenvalue weighted by Crippen LogP contribution is -2.31. The van der Waals surface area contributed by atoms with Gasteiger partial charge in [0.1, 0.15) is 0 Å². The molecule has 0 saturated heterocycles. The Morgan fingerprint density at radius 1 is 1.05 bits per heavy atom. The van der Waals surface area contributed by atoms with E-state index in [1.54, 1.807) is 6.07 Å². The van der Waals surface area contributed by atoms with Crippen LogP contribution >= 0.6 is 0 Å². The molecule has 0 atom stereocenters. The Morgan fingerprint density at radius 3 is 2.24 bits per heavy atom. The van der Waals surface area contributed by atoms with Crippen molar-refractivity contribution in [3.8, 4) is 0 Å². The average molecular weight is 286 g/mol. The van der Waals surface area contributed by atoms with Crippen LogP contribution in [0.2, 0.25) is 0 Å². The number of aromatic nitrogens is 1. The molecule has 0 aliphatic rings. The average Bonchev–Trinajstić information content (AvgIpc) is 2.36. The third kappa shape index (κ3) is 3.87. The number of hydrogen-bond acceptors (Lipinski definition) is 2. The summed E-state index contributed by atoms with van der Waals surface area (Å²) in [5, 5.41) is 1.13. The molecule has 0 amide bonds. The van der Waals surface area contributed by atoms with E-state index < -0.39 is 0 Å². The number of aryl methyl sites for hydroxylation is 1. The molecule has 2 rings (SSSR count). The lowest BCUT2D eigenvalue weighted by Gasteiger charge is -2.29. The van der Waals surface area contributed by atoms with Crippen molar-refractivity contribution in [1.29, 1.82) is 0 Å². The fraction of sp³-hybridized carbons (Fsp3) is 0.500. The molecule has 21 heavy (non-hydrogen) atoms. The molecule has 1 aromatic heterocycles. The van der Waals surface area contributed by atoms with Crippen molar-refractivity contribution in [2.75, 3.05) is 18.0 Å². The van der Waals surface area contributed by atoms with Gasteiger partial charge in [-0.2, -0.15) is 0 Å². The van der Waals surface area contributed by atoms with E-state index >= 15 is 0 Å². The summed E-state index contributed by atoms with van der Waals surface area (Å²) in [4.78, 5) is 16.9. The number of benzene rings is 1. The van der Waals surface area contributed by atoms with E-state index in [4.69, 9.17) is 0 Å². The van der Waals surface area contributed by atoms with Crippen LogP contribution < -0.4 is 10.5 Å². The maximum atomic E-state index is 11.5. The van der Waals surface area contributed by atoms with Crippen LogP contribution in [0, 0.1) is 18.8 Å². The predicted octanol–water partition coefficient (Wildman–Crippen LogP) is 3.95. The summed E-state index contributed by atoms with van der Waals surface area (Å²) in [5.74, 6) is 1.24. The Labute approximate surface area is 127 Å². The van der Waals surface area contributed by atoms with E-state index in [0.717, 1.165) is 29.6 Å². The molecule has 0 saturated carbocycles. The van der Waals surface area contributed by atoms with Gasteiger partial charge in [-0.1, -0.05) is 27.7 Å². The van der Waals surface area contributed by atoms with Crippen LogP contribution in [0.5, 0.6) is 0 Å². The highest BCUT2D eigenvalue weighted by atomic mass is 16.1. The smallest absolute Gasteiger partial charge is 0.248 e. The first-order valence-corrected chi connectivity index (χ1v) is 7.75. The lowest BCUT2D eigenvalue weighted by molar-refractivity contribution is 0.553. The second-order valence-electron chi connectivity index (χ2n) is 6.74. The zero-order chi connectivity index (χ0) is 15.6. The summed E-state index contributed by atoms with van der Waals surface area (Å²) in [6.07, 6.45) is 0. The third-order valence-corrected chi connectivity index (χ3v) is 3.57. The van der Waals surface area contributed by atoms with Crippen LogP contribution in [-0.4, -0.2) is 18.1 Å². The Kier molecular flexibility index (Phi) is 4.71. The molecule has 3 nitrogen and oxygen atoms in total. The third-order valence-electron chi connectivity index (χ3n) is 3.57. The summed E-state index contributed by atoms with van der Waals surface area (Å²) >= 11 is 0. The Bertz CT molecular complexity index is 660. The fourth-order valence-electron chi connectivity index (χ4n) is 2.77. The standard InChI is InChI=1S/C18H26N2O/c1-12(2)10-20(11-13(3)4)15-6-7-17-16(9-15)14(5)8-18(21)19-17/h6-9,12-13H,10-11H2,1-5H3,(H,19,21). The van der Waals surface area contributed by atoms with Crippen molar-refractivity contribution in [3.05, 3.63) is 40.2 Å². The first-order valence-electron chi connectivity index (χ1n) is 7.75. The minimum atomic E-state index is -0.0334. The van der Waals surface area contributed by atoms with Crippen molar-refractivity contribution in [1.82, 2.24) is 4.98 Å². The van der Waals surface area contributed by atoms with E-state index in [9.17, 15) is 4.79 Å². The molecule has 0 unspecified atom stereocenters. The van der Waals surface area contributed by atoms with Crippen LogP contribution in [0.4, 0.5) is 5.69 Å². The van der Waals surface area contributed by atoms with Crippen LogP contribution in [0.25, 0.3) is 10.9 Å². The highest BCUT2D eigenvalue weighted by Crippen LogP contribution is 2.24. The van der Waals surface area contributed by atoms with Gasteiger partial charge >= 0.3 is 0 Å². The van der Waals surface area contributed by atoms with Crippen molar-refractivity contribution in [2.24, 2.45) is 11.8 Å². The summed E-state index contributed by atoms with van der Waals surface area (Å²) in [5.41, 5.74) is 3.15. The van der Waals surface area contributed by atoms with Gasteiger partial charge in [0, 0.05) is 35.7 Å². The van der Waals surface area contributed by atoms with E-state index in [1.807, 2.05) is 13.0 Å². The number of aromatic amines is 1. The summed E-state index contributed by atoms with van der Waals surface area (Å²) < 4.78 is 0. The molecular weight excluding hydrogens is 260 g/mol. The molecule has 1 aromatic carbocycles. The molecule has 1 N–H and O–H groups in total. The number of fused-ring (bicyclic) bond motifs is 1. The summed E-state index contributed by atoms with van der Waals surface area (Å²) in [6.45, 7) is 13.1. The number of rotatable bonds is 5. The number of hydrogen-bond donors (Lipinski definition) is 1. The van der Waals surface area contributed by atoms with Crippen LogP contribution in [-0.2, 0) is 0 Å². The number of anilines is 1. The van der Waals surface area contributed by atoms with Crippen LogP contribution in [0.1, 0.15) is 33.3 Å². The molecule has 1 heterocycles. The molecule has 0 bridgehead atoms. The van der Waals surface area contributed by atoms with Gasteiger partial charge < -0.3 is 9.88 Å². The SMILES string of the molecule is Cc1cc(=O)[nH]c2ccc(N(CC(C)C)CC(C)C)cc12. The fourth-order valence-corrected chi connectivity index (χ4v) is 2.77. The number of nitrogens with one attached hydrogen (secondary N) is 1. The minimum Gasteiger partial charge on any atom is -0.371 e. The molecule has 114 valence electrons. The van der Waals surface area contributed by atoms with Crippen molar-refractivity contribution >= 4 is 16.6 Å². The molecule has 0 fully saturated rings. The van der Waals surface area contributed by atoms with E-state index in [0.29, 0.717) is 11.8 Å². The van der Waals surface area contributed by atoms with Gasteiger partial charge in [-0.15, -0.1) is 0 Å². The van der Waals surface area contributed by atoms with Gasteiger partial charge in [0.2, 0.25) is 5.56 Å². The van der Waals surface area contributed by atoms with Gasteiger partial charge in [0.15, 0.2) is 0 Å². The van der Waals surface area contributed by atoms with Gasteiger partial charge in [-0.3, -0.25) is 4.79 Å². The Morgan fingerprint density at radius 2 is 1.67 bits per heavy atom. The lowest BCUT2D eigenvalue weighted by atomic mass is 10.1. The quantitative estimate of drug-likeness (QED) is 0.903. The molecule has 3 heteroatoms. The van der Waals surface area contributed by atoms with Gasteiger partial charge in [0.05, 0.1) is 0 Å². The normalized spacial score (nSPS) is 11.6. The molecular formula is C18H26N2O. The molecule has 0 aliphatic heterocycles. The zero-order valence-electron chi connectivity index (χ0n) is 13.7. The molecule has 0 radical (unpaired) electrons. The maximum Gasteiger partial charge on any atom is 0.248 e. The van der Waals surface area contributed by atoms with Crippen LogP contribution in [0.15, 0.2) is 29.1 Å². The second-order valence-corrected chi connectivity index (χ2v) is 6.74. The van der Waals surface area contributed by atoms with Gasteiger partial charge in [0.25, 0.3) is 0 Å². The van der Waals surface area contributed by atoms with Crippen LogP contribution in [0.3, 0.4) is 0 Å². The first-order chi connectivity index (χ1) is 9.86. The van der Waals surface area contributed by atoms with Gasteiger partial charge in [-0.05, 0) is 42.5 Å². The number of pyridine rings is 1. The van der Waals surface area contributed by atoms with E-state index in [1.165, 1.54) is 5.69 Å². The van der Waals surface area contributed by atoms with Crippen molar-refractivity contribution in [2.45, 2.75) is 34.6 Å². The first kappa shape index (κ1) is 15.6. The van der Waals surface area contributed by atoms with Crippen molar-refractivity contribution in [3.63, 3.8) is 0 Å². The van der Waals surface area contributed by atoms with Gasteiger partial charge in [-0.25, -0.2) is 0 Å². The Hall–Kier alpha value is -1.77. The molecule has 0 aliphatic carbocycles. The summed E-state index contributed by atoms with van der Waals surface area (Å²) in [7, 11) is 0. The highest BCUT2D eigenvalue weighted by Gasteiger charge is 2.12. The van der Waals surface area contributed by atoms with Crippen molar-refractivity contribution < 1.29 is 0 Å². The summed E-state index contributed by atoms with van der Waals surface area (Å²) in [6, 6.07) is 8.00.